The standard InChI is InChI=1S/C24H16Cl2N2O3/c25-19-10-4-3-9-18(19)23(29)28-24(30)27-16-12-13-22(20(26)14-16)31-21-11-5-7-15-6-1-2-8-17(15)21/h1-14H,(H2,27,28,29,30). The van der Waals surface area contributed by atoms with E-state index < -0.39 is 11.9 Å². The zero-order valence-corrected chi connectivity index (χ0v) is 17.6. The predicted molar refractivity (Wildman–Crippen MR) is 123 cm³/mol. The number of nitrogens with one attached hydrogen (secondary N) is 2. The Morgan fingerprint density at radius 1 is 0.742 bits per heavy atom. The molecule has 0 bridgehead atoms. The number of urea groups is 1. The van der Waals surface area contributed by atoms with Crippen LogP contribution in [-0.2, 0) is 0 Å². The summed E-state index contributed by atoms with van der Waals surface area (Å²) in [4.78, 5) is 24.4. The van der Waals surface area contributed by atoms with Crippen molar-refractivity contribution in [1.29, 1.82) is 0 Å². The molecule has 3 amide bonds. The predicted octanol–water partition coefficient (Wildman–Crippen LogP) is 6.90. The van der Waals surface area contributed by atoms with Gasteiger partial charge in [-0.05, 0) is 41.8 Å². The molecule has 0 aliphatic heterocycles. The van der Waals surface area contributed by atoms with Gasteiger partial charge in [0.1, 0.15) is 11.5 Å². The Balaban J connectivity index is 1.45. The first-order valence-electron chi connectivity index (χ1n) is 9.33. The number of halogens is 2. The average molecular weight is 451 g/mol. The third kappa shape index (κ3) is 4.79. The van der Waals surface area contributed by atoms with Crippen molar-refractivity contribution in [3.63, 3.8) is 0 Å². The number of fused-ring (bicyclic) bond motifs is 1. The van der Waals surface area contributed by atoms with E-state index in [9.17, 15) is 9.59 Å². The molecule has 0 aliphatic rings. The molecule has 5 nitrogen and oxygen atoms in total. The summed E-state index contributed by atoms with van der Waals surface area (Å²) in [6.45, 7) is 0. The van der Waals surface area contributed by atoms with Crippen LogP contribution < -0.4 is 15.4 Å². The number of carbonyl (C=O) groups excluding carboxylic acids is 2. The van der Waals surface area contributed by atoms with Gasteiger partial charge in [0.05, 0.1) is 15.6 Å². The van der Waals surface area contributed by atoms with E-state index in [2.05, 4.69) is 10.6 Å². The molecular weight excluding hydrogens is 435 g/mol. The minimum absolute atomic E-state index is 0.205. The maximum atomic E-state index is 12.2. The molecule has 0 saturated carbocycles. The highest BCUT2D eigenvalue weighted by Gasteiger charge is 2.14. The summed E-state index contributed by atoms with van der Waals surface area (Å²) < 4.78 is 5.99. The molecule has 2 N–H and O–H groups in total. The lowest BCUT2D eigenvalue weighted by Crippen LogP contribution is -2.34. The van der Waals surface area contributed by atoms with Crippen molar-refractivity contribution in [2.45, 2.75) is 0 Å². The number of anilines is 1. The van der Waals surface area contributed by atoms with Crippen LogP contribution in [0.1, 0.15) is 10.4 Å². The van der Waals surface area contributed by atoms with Crippen LogP contribution in [0.4, 0.5) is 10.5 Å². The Morgan fingerprint density at radius 3 is 2.29 bits per heavy atom. The first kappa shape index (κ1) is 20.7. The van der Waals surface area contributed by atoms with Crippen LogP contribution in [0.3, 0.4) is 0 Å². The highest BCUT2D eigenvalue weighted by atomic mass is 35.5. The van der Waals surface area contributed by atoms with E-state index in [4.69, 9.17) is 27.9 Å². The number of hydrogen-bond acceptors (Lipinski definition) is 3. The zero-order chi connectivity index (χ0) is 21.8. The third-order valence-electron chi connectivity index (χ3n) is 4.50. The number of imide groups is 1. The highest BCUT2D eigenvalue weighted by molar-refractivity contribution is 6.34. The smallest absolute Gasteiger partial charge is 0.326 e. The van der Waals surface area contributed by atoms with Gasteiger partial charge in [0.2, 0.25) is 0 Å². The molecule has 31 heavy (non-hydrogen) atoms. The van der Waals surface area contributed by atoms with Crippen molar-refractivity contribution in [2.75, 3.05) is 5.32 Å². The number of carbonyl (C=O) groups is 2. The number of amides is 3. The molecule has 0 aliphatic carbocycles. The molecule has 4 aromatic rings. The summed E-state index contributed by atoms with van der Waals surface area (Å²) in [6, 6.07) is 24.2. The largest absolute Gasteiger partial charge is 0.455 e. The minimum atomic E-state index is -0.705. The summed E-state index contributed by atoms with van der Waals surface area (Å²) >= 11 is 12.3. The van der Waals surface area contributed by atoms with Gasteiger partial charge in [0.25, 0.3) is 5.91 Å². The van der Waals surface area contributed by atoms with E-state index in [-0.39, 0.29) is 10.6 Å². The molecule has 4 rings (SSSR count). The van der Waals surface area contributed by atoms with Crippen LogP contribution in [0.25, 0.3) is 10.8 Å². The first-order valence-corrected chi connectivity index (χ1v) is 10.1. The molecule has 0 fully saturated rings. The first-order chi connectivity index (χ1) is 15.0. The summed E-state index contributed by atoms with van der Waals surface area (Å²) in [5.41, 5.74) is 0.607. The second-order valence-electron chi connectivity index (χ2n) is 6.61. The van der Waals surface area contributed by atoms with Crippen molar-refractivity contribution in [3.8, 4) is 11.5 Å². The van der Waals surface area contributed by atoms with Gasteiger partial charge in [0, 0.05) is 11.1 Å². The normalized spacial score (nSPS) is 10.5. The van der Waals surface area contributed by atoms with E-state index in [0.717, 1.165) is 10.8 Å². The van der Waals surface area contributed by atoms with Crippen molar-refractivity contribution in [3.05, 3.63) is 101 Å². The average Bonchev–Trinajstić information content (AvgIpc) is 2.76. The van der Waals surface area contributed by atoms with Gasteiger partial charge in [-0.2, -0.15) is 0 Å². The topological polar surface area (TPSA) is 67.4 Å². The SMILES string of the molecule is O=C(NC(=O)c1ccccc1Cl)Nc1ccc(Oc2cccc3ccccc23)c(Cl)c1. The Bertz CT molecular complexity index is 1290. The van der Waals surface area contributed by atoms with E-state index in [1.807, 2.05) is 42.5 Å². The number of hydrogen-bond donors (Lipinski definition) is 2. The number of benzene rings is 4. The Labute approximate surface area is 188 Å². The van der Waals surface area contributed by atoms with Gasteiger partial charge in [-0.15, -0.1) is 0 Å². The molecular formula is C24H16Cl2N2O3. The second kappa shape index (κ2) is 9.08. The van der Waals surface area contributed by atoms with Crippen molar-refractivity contribution in [2.24, 2.45) is 0 Å². The minimum Gasteiger partial charge on any atom is -0.455 e. The fourth-order valence-corrected chi connectivity index (χ4v) is 3.48. The van der Waals surface area contributed by atoms with E-state index in [1.165, 1.54) is 6.07 Å². The van der Waals surface area contributed by atoms with Crippen LogP contribution in [-0.4, -0.2) is 11.9 Å². The zero-order valence-electron chi connectivity index (χ0n) is 16.1. The van der Waals surface area contributed by atoms with Crippen molar-refractivity contribution in [1.82, 2.24) is 5.32 Å². The summed E-state index contributed by atoms with van der Waals surface area (Å²) in [5.74, 6) is 0.505. The molecule has 0 heterocycles. The molecule has 0 aromatic heterocycles. The van der Waals surface area contributed by atoms with Crippen LogP contribution in [0, 0.1) is 0 Å². The summed E-state index contributed by atoms with van der Waals surface area (Å²) in [7, 11) is 0. The monoisotopic (exact) mass is 450 g/mol. The van der Waals surface area contributed by atoms with Gasteiger partial charge in [-0.25, -0.2) is 4.79 Å². The van der Waals surface area contributed by atoms with Crippen LogP contribution in [0.2, 0.25) is 10.0 Å². The van der Waals surface area contributed by atoms with Crippen LogP contribution in [0.5, 0.6) is 11.5 Å². The maximum absolute atomic E-state index is 12.2. The van der Waals surface area contributed by atoms with E-state index >= 15 is 0 Å². The fourth-order valence-electron chi connectivity index (χ4n) is 3.04. The molecule has 4 aromatic carbocycles. The van der Waals surface area contributed by atoms with E-state index in [0.29, 0.717) is 22.2 Å². The van der Waals surface area contributed by atoms with Gasteiger partial charge >= 0.3 is 6.03 Å². The van der Waals surface area contributed by atoms with Crippen molar-refractivity contribution < 1.29 is 14.3 Å². The molecule has 154 valence electrons. The lowest BCUT2D eigenvalue weighted by molar-refractivity contribution is 0.0967. The fraction of sp³-hybridized carbons (Fsp3) is 0. The molecule has 0 spiro atoms. The van der Waals surface area contributed by atoms with Gasteiger partial charge in [0.15, 0.2) is 0 Å². The molecule has 0 atom stereocenters. The summed E-state index contributed by atoms with van der Waals surface area (Å²) in [6.07, 6.45) is 0. The lowest BCUT2D eigenvalue weighted by atomic mass is 10.1. The van der Waals surface area contributed by atoms with Crippen LogP contribution in [0.15, 0.2) is 84.9 Å². The third-order valence-corrected chi connectivity index (χ3v) is 5.13. The molecule has 7 heteroatoms. The molecule has 0 radical (unpaired) electrons. The Kier molecular flexibility index (Phi) is 6.07. The van der Waals surface area contributed by atoms with Crippen molar-refractivity contribution >= 4 is 51.6 Å². The Morgan fingerprint density at radius 2 is 1.48 bits per heavy atom. The number of ether oxygens (including phenoxy) is 1. The lowest BCUT2D eigenvalue weighted by Gasteiger charge is -2.12. The second-order valence-corrected chi connectivity index (χ2v) is 7.43. The Hall–Kier alpha value is -3.54. The molecule has 0 saturated heterocycles. The highest BCUT2D eigenvalue weighted by Crippen LogP contribution is 2.35. The van der Waals surface area contributed by atoms with Gasteiger partial charge in [-0.3, -0.25) is 10.1 Å². The number of rotatable bonds is 4. The van der Waals surface area contributed by atoms with Gasteiger partial charge < -0.3 is 10.1 Å². The summed E-state index contributed by atoms with van der Waals surface area (Å²) in [5, 5.41) is 7.37. The molecule has 0 unspecified atom stereocenters. The van der Waals surface area contributed by atoms with Crippen LogP contribution >= 0.6 is 23.2 Å². The van der Waals surface area contributed by atoms with E-state index in [1.54, 1.807) is 36.4 Å². The quantitative estimate of drug-likeness (QED) is 0.355. The maximum Gasteiger partial charge on any atom is 0.326 e. The van der Waals surface area contributed by atoms with Gasteiger partial charge in [-0.1, -0.05) is 71.7 Å².